The molecule has 236 valence electrons. The number of amides is 1. The molecule has 1 amide bonds. The normalized spacial score (nSPS) is 23.0. The van der Waals surface area contributed by atoms with Gasteiger partial charge in [0.2, 0.25) is 0 Å². The van der Waals surface area contributed by atoms with E-state index in [1.165, 1.54) is 12.1 Å². The molecule has 2 unspecified atom stereocenters. The van der Waals surface area contributed by atoms with Crippen molar-refractivity contribution in [1.82, 2.24) is 4.57 Å². The molecule has 0 saturated carbocycles. The first-order valence-corrected chi connectivity index (χ1v) is 15.9. The first-order chi connectivity index (χ1) is 22.2. The lowest BCUT2D eigenvalue weighted by molar-refractivity contribution is -0.160. The maximum Gasteiger partial charge on any atom is 0.308 e. The van der Waals surface area contributed by atoms with Gasteiger partial charge in [-0.15, -0.1) is 0 Å². The number of hydrogen-bond donors (Lipinski definition) is 2. The smallest absolute Gasteiger partial charge is 0.308 e. The van der Waals surface area contributed by atoms with Crippen LogP contribution in [0, 0.1) is 17.7 Å². The number of ether oxygens (including phenoxy) is 1. The molecule has 0 spiro atoms. The van der Waals surface area contributed by atoms with Crippen molar-refractivity contribution in [2.75, 3.05) is 5.32 Å². The molecule has 2 N–H and O–H groups in total. The number of carbonyl (C=O) groups excluding carboxylic acids is 2. The summed E-state index contributed by atoms with van der Waals surface area (Å²) in [7, 11) is 0. The van der Waals surface area contributed by atoms with E-state index in [1.807, 2.05) is 67.0 Å². The number of aliphatic hydroxyl groups is 1. The van der Waals surface area contributed by atoms with E-state index in [2.05, 4.69) is 48.0 Å². The molecule has 6 nitrogen and oxygen atoms in total. The van der Waals surface area contributed by atoms with Crippen molar-refractivity contribution in [1.29, 1.82) is 0 Å². The molecular weight excluding hydrogens is 579 g/mol. The second kappa shape index (κ2) is 13.3. The number of rotatable bonds is 9. The molecule has 6 rings (SSSR count). The minimum Gasteiger partial charge on any atom is -0.462 e. The van der Waals surface area contributed by atoms with Crippen molar-refractivity contribution in [3.8, 4) is 0 Å². The third-order valence-electron chi connectivity index (χ3n) is 9.14. The zero-order valence-corrected chi connectivity index (χ0v) is 26.1. The van der Waals surface area contributed by atoms with Gasteiger partial charge in [0.1, 0.15) is 11.9 Å². The van der Waals surface area contributed by atoms with Crippen LogP contribution in [-0.4, -0.2) is 33.8 Å². The number of cyclic esters (lactones) is 1. The zero-order chi connectivity index (χ0) is 32.3. The van der Waals surface area contributed by atoms with Gasteiger partial charge in [-0.25, -0.2) is 4.39 Å². The van der Waals surface area contributed by atoms with Crippen LogP contribution in [0.1, 0.15) is 61.0 Å². The van der Waals surface area contributed by atoms with Crippen molar-refractivity contribution in [3.05, 3.63) is 138 Å². The van der Waals surface area contributed by atoms with Crippen LogP contribution < -0.4 is 5.32 Å². The van der Waals surface area contributed by atoms with E-state index in [4.69, 9.17) is 4.74 Å². The molecule has 1 aliphatic carbocycles. The fraction of sp³-hybridized carbons (Fsp3) is 0.282. The zero-order valence-electron chi connectivity index (χ0n) is 26.1. The van der Waals surface area contributed by atoms with E-state index in [0.717, 1.165) is 22.3 Å². The number of nitrogens with zero attached hydrogens (tertiary/aromatic N) is 1. The Morgan fingerprint density at radius 1 is 0.978 bits per heavy atom. The molecule has 4 atom stereocenters. The first kappa shape index (κ1) is 31.2. The van der Waals surface area contributed by atoms with Gasteiger partial charge in [0.25, 0.3) is 5.91 Å². The molecule has 7 heteroatoms. The van der Waals surface area contributed by atoms with Crippen molar-refractivity contribution in [3.63, 3.8) is 0 Å². The summed E-state index contributed by atoms with van der Waals surface area (Å²) < 4.78 is 22.0. The molecule has 3 aromatic carbocycles. The van der Waals surface area contributed by atoms with Gasteiger partial charge in [-0.05, 0) is 77.4 Å². The predicted octanol–water partition coefficient (Wildman–Crippen LogP) is 7.87. The fourth-order valence-electron chi connectivity index (χ4n) is 6.90. The number of hydrogen-bond acceptors (Lipinski definition) is 4. The van der Waals surface area contributed by atoms with Gasteiger partial charge in [0.15, 0.2) is 0 Å². The average molecular weight is 619 g/mol. The Kier molecular flexibility index (Phi) is 9.04. The van der Waals surface area contributed by atoms with Gasteiger partial charge < -0.3 is 19.7 Å². The lowest BCUT2D eigenvalue weighted by atomic mass is 9.66. The number of esters is 1. The van der Waals surface area contributed by atoms with Gasteiger partial charge in [-0.1, -0.05) is 80.6 Å². The van der Waals surface area contributed by atoms with Crippen molar-refractivity contribution in [2.45, 2.75) is 57.3 Å². The quantitative estimate of drug-likeness (QED) is 0.187. The number of para-hydroxylation sites is 1. The van der Waals surface area contributed by atoms with E-state index in [-0.39, 0.29) is 30.0 Å². The van der Waals surface area contributed by atoms with Gasteiger partial charge >= 0.3 is 5.97 Å². The summed E-state index contributed by atoms with van der Waals surface area (Å²) >= 11 is 0. The summed E-state index contributed by atoms with van der Waals surface area (Å²) in [5, 5.41) is 13.3. The van der Waals surface area contributed by atoms with Crippen LogP contribution in [0.4, 0.5) is 10.1 Å². The molecule has 1 aromatic heterocycles. The number of halogens is 1. The third-order valence-corrected chi connectivity index (χ3v) is 9.14. The Morgan fingerprint density at radius 3 is 2.33 bits per heavy atom. The largest absolute Gasteiger partial charge is 0.462 e. The number of nitrogens with one attached hydrogen (secondary N) is 1. The molecular formula is C39H39FN2O4. The van der Waals surface area contributed by atoms with Crippen LogP contribution in [-0.2, 0) is 15.1 Å². The minimum atomic E-state index is -0.732. The van der Waals surface area contributed by atoms with Crippen LogP contribution in [0.2, 0.25) is 0 Å². The Hall–Kier alpha value is -4.75. The van der Waals surface area contributed by atoms with Crippen molar-refractivity contribution >= 4 is 28.7 Å². The molecule has 1 saturated heterocycles. The summed E-state index contributed by atoms with van der Waals surface area (Å²) in [6.07, 6.45) is 8.69. The second-order valence-electron chi connectivity index (χ2n) is 12.6. The lowest BCUT2D eigenvalue weighted by Gasteiger charge is -2.45. The van der Waals surface area contributed by atoms with Gasteiger partial charge in [-0.2, -0.15) is 0 Å². The predicted molar refractivity (Wildman–Crippen MR) is 178 cm³/mol. The Labute approximate surface area is 269 Å². The van der Waals surface area contributed by atoms with E-state index in [1.54, 1.807) is 12.1 Å². The minimum absolute atomic E-state index is 0.00550. The van der Waals surface area contributed by atoms with Crippen LogP contribution in [0.25, 0.3) is 11.1 Å². The summed E-state index contributed by atoms with van der Waals surface area (Å²) in [5.41, 5.74) is 4.46. The van der Waals surface area contributed by atoms with Gasteiger partial charge in [-0.3, -0.25) is 9.59 Å². The summed E-state index contributed by atoms with van der Waals surface area (Å²) in [4.78, 5) is 25.7. The van der Waals surface area contributed by atoms with E-state index in [9.17, 15) is 19.1 Å². The SMILES string of the molecule is CC(C)C1C=C(c2ccccc2)C(c2ccc(F)cc2)=CC1(CC[C@@H]1C[C@@H](O)CC(=O)O1)n1ccc(C(=O)Nc2ccccc2)c1. The molecule has 0 bridgehead atoms. The van der Waals surface area contributed by atoms with Crippen LogP contribution >= 0.6 is 0 Å². The lowest BCUT2D eigenvalue weighted by Crippen LogP contribution is -2.44. The maximum absolute atomic E-state index is 14.1. The molecule has 4 aromatic rings. The monoisotopic (exact) mass is 618 g/mol. The number of allylic oxidation sites excluding steroid dienone is 4. The Balaban J connectivity index is 1.48. The number of aliphatic hydroxyl groups excluding tert-OH is 1. The number of benzene rings is 3. The molecule has 2 aliphatic rings. The van der Waals surface area contributed by atoms with Crippen LogP contribution in [0.15, 0.2) is 116 Å². The van der Waals surface area contributed by atoms with Crippen molar-refractivity contribution < 1.29 is 23.8 Å². The number of anilines is 1. The number of carbonyl (C=O) groups is 2. The highest BCUT2D eigenvalue weighted by molar-refractivity contribution is 6.06. The number of aromatic nitrogens is 1. The Bertz CT molecular complexity index is 1740. The molecule has 0 radical (unpaired) electrons. The topological polar surface area (TPSA) is 80.6 Å². The summed E-state index contributed by atoms with van der Waals surface area (Å²) in [6, 6.07) is 27.9. The molecule has 1 aliphatic heterocycles. The van der Waals surface area contributed by atoms with E-state index < -0.39 is 23.7 Å². The highest BCUT2D eigenvalue weighted by Gasteiger charge is 2.44. The molecule has 2 heterocycles. The highest BCUT2D eigenvalue weighted by Crippen LogP contribution is 2.49. The highest BCUT2D eigenvalue weighted by atomic mass is 19.1. The summed E-state index contributed by atoms with van der Waals surface area (Å²) in [6.45, 7) is 4.37. The van der Waals surface area contributed by atoms with E-state index in [0.29, 0.717) is 30.5 Å². The van der Waals surface area contributed by atoms with E-state index >= 15 is 0 Å². The first-order valence-electron chi connectivity index (χ1n) is 15.9. The molecule has 46 heavy (non-hydrogen) atoms. The van der Waals surface area contributed by atoms with Crippen LogP contribution in [0.3, 0.4) is 0 Å². The summed E-state index contributed by atoms with van der Waals surface area (Å²) in [5.74, 6) is -0.781. The van der Waals surface area contributed by atoms with Crippen molar-refractivity contribution in [2.24, 2.45) is 11.8 Å². The third kappa shape index (κ3) is 6.60. The fourth-order valence-corrected chi connectivity index (χ4v) is 6.90. The second-order valence-corrected chi connectivity index (χ2v) is 12.6. The Morgan fingerprint density at radius 2 is 1.65 bits per heavy atom. The average Bonchev–Trinajstić information content (AvgIpc) is 3.56. The van der Waals surface area contributed by atoms with Crippen LogP contribution in [0.5, 0.6) is 0 Å². The standard InChI is InChI=1S/C39H39FN2O4/c1-26(2)36-23-34(27-9-5-3-6-10-27)35(28-13-15-30(40)16-14-28)24-39(36,19-17-33-21-32(43)22-37(44)46-33)42-20-18-29(25-42)38(45)41-31-11-7-4-8-12-31/h3-16,18,20,23-26,32-33,36,43H,17,19,21-22H2,1-2H3,(H,41,45)/t32-,33-,36?,39?/m1/s1. The van der Waals surface area contributed by atoms with Gasteiger partial charge in [0, 0.05) is 30.4 Å². The molecule has 1 fully saturated rings. The maximum atomic E-state index is 14.1. The van der Waals surface area contributed by atoms with Gasteiger partial charge in [0.05, 0.1) is 23.6 Å².